The molecule has 2 aromatic rings. The third-order valence-corrected chi connectivity index (χ3v) is 3.76. The zero-order valence-electron chi connectivity index (χ0n) is 12.3. The highest BCUT2D eigenvalue weighted by molar-refractivity contribution is 5.28. The van der Waals surface area contributed by atoms with Crippen LogP contribution in [0.5, 0.6) is 0 Å². The fraction of sp³-hybridized carbons (Fsp3) is 0.438. The summed E-state index contributed by atoms with van der Waals surface area (Å²) >= 11 is 0. The van der Waals surface area contributed by atoms with Crippen LogP contribution < -0.4 is 5.32 Å². The smallest absolute Gasteiger partial charge is 0.0644 e. The Hall–Kier alpha value is -1.61. The first-order valence-electron chi connectivity index (χ1n) is 6.88. The van der Waals surface area contributed by atoms with Crippen molar-refractivity contribution < 1.29 is 0 Å². The van der Waals surface area contributed by atoms with Crippen LogP contribution in [0.25, 0.3) is 0 Å². The lowest BCUT2D eigenvalue weighted by atomic mass is 10.1. The maximum Gasteiger partial charge on any atom is 0.0644 e. The average Bonchev–Trinajstić information content (AvgIpc) is 2.71. The number of hydrogen-bond donors (Lipinski definition) is 1. The van der Waals surface area contributed by atoms with Crippen LogP contribution >= 0.6 is 0 Å². The third kappa shape index (κ3) is 3.04. The molecule has 0 aliphatic carbocycles. The molecule has 0 bridgehead atoms. The average molecular weight is 257 g/mol. The molecule has 1 N–H and O–H groups in total. The lowest BCUT2D eigenvalue weighted by molar-refractivity contribution is 0.588. The molecule has 19 heavy (non-hydrogen) atoms. The molecule has 1 heterocycles. The first kappa shape index (κ1) is 13.8. The van der Waals surface area contributed by atoms with Crippen LogP contribution in [0.1, 0.15) is 35.5 Å². The molecule has 1 atom stereocenters. The van der Waals surface area contributed by atoms with E-state index < -0.39 is 0 Å². The van der Waals surface area contributed by atoms with E-state index in [9.17, 15) is 0 Å². The molecule has 0 aliphatic rings. The van der Waals surface area contributed by atoms with Crippen LogP contribution in [-0.4, -0.2) is 16.8 Å². The van der Waals surface area contributed by atoms with Crippen LogP contribution in [-0.2, 0) is 13.0 Å². The van der Waals surface area contributed by atoms with Gasteiger partial charge in [0.15, 0.2) is 0 Å². The highest BCUT2D eigenvalue weighted by atomic mass is 15.3. The van der Waals surface area contributed by atoms with Gasteiger partial charge in [0.2, 0.25) is 0 Å². The summed E-state index contributed by atoms with van der Waals surface area (Å²) in [5.74, 6) is 0. The van der Waals surface area contributed by atoms with Gasteiger partial charge in [0, 0.05) is 23.8 Å². The zero-order chi connectivity index (χ0) is 13.8. The Kier molecular flexibility index (Phi) is 4.38. The number of nitrogens with one attached hydrogen (secondary N) is 1. The normalized spacial score (nSPS) is 12.6. The SMILES string of the molecule is CNC(C)c1c(C)nn(CCc2ccccc2)c1C. The van der Waals surface area contributed by atoms with Crippen LogP contribution in [0.4, 0.5) is 0 Å². The van der Waals surface area contributed by atoms with E-state index in [1.54, 1.807) is 0 Å². The number of rotatable bonds is 5. The Morgan fingerprint density at radius 1 is 1.21 bits per heavy atom. The second kappa shape index (κ2) is 6.02. The van der Waals surface area contributed by atoms with E-state index in [-0.39, 0.29) is 0 Å². The van der Waals surface area contributed by atoms with Gasteiger partial charge in [-0.15, -0.1) is 0 Å². The third-order valence-electron chi connectivity index (χ3n) is 3.76. The lowest BCUT2D eigenvalue weighted by Gasteiger charge is -2.11. The molecule has 0 saturated carbocycles. The molecule has 0 amide bonds. The van der Waals surface area contributed by atoms with E-state index in [0.29, 0.717) is 6.04 Å². The van der Waals surface area contributed by atoms with E-state index in [1.165, 1.54) is 16.8 Å². The number of nitrogens with zero attached hydrogens (tertiary/aromatic N) is 2. The summed E-state index contributed by atoms with van der Waals surface area (Å²) in [6.45, 7) is 7.37. The van der Waals surface area contributed by atoms with Gasteiger partial charge < -0.3 is 5.32 Å². The molecule has 1 unspecified atom stereocenters. The molecule has 3 heteroatoms. The Bertz CT molecular complexity index is 528. The molecule has 0 saturated heterocycles. The van der Waals surface area contributed by atoms with Crippen molar-refractivity contribution in [3.63, 3.8) is 0 Å². The maximum absolute atomic E-state index is 4.67. The van der Waals surface area contributed by atoms with Crippen LogP contribution in [0.15, 0.2) is 30.3 Å². The fourth-order valence-corrected chi connectivity index (χ4v) is 2.58. The molecule has 0 fully saturated rings. The minimum absolute atomic E-state index is 0.352. The first-order chi connectivity index (χ1) is 9.13. The van der Waals surface area contributed by atoms with Crippen LogP contribution in [0.3, 0.4) is 0 Å². The molecular formula is C16H23N3. The Morgan fingerprint density at radius 2 is 1.89 bits per heavy atom. The molecule has 3 nitrogen and oxygen atoms in total. The highest BCUT2D eigenvalue weighted by Gasteiger charge is 2.15. The number of hydrogen-bond acceptors (Lipinski definition) is 2. The van der Waals surface area contributed by atoms with Crippen molar-refractivity contribution in [1.29, 1.82) is 0 Å². The van der Waals surface area contributed by atoms with Gasteiger partial charge in [0.1, 0.15) is 0 Å². The zero-order valence-corrected chi connectivity index (χ0v) is 12.3. The van der Waals surface area contributed by atoms with Crippen LogP contribution in [0, 0.1) is 13.8 Å². The largest absolute Gasteiger partial charge is 0.313 e. The number of benzene rings is 1. The van der Waals surface area contributed by atoms with Crippen molar-refractivity contribution in [2.75, 3.05) is 7.05 Å². The van der Waals surface area contributed by atoms with Gasteiger partial charge in [-0.05, 0) is 39.8 Å². The van der Waals surface area contributed by atoms with Gasteiger partial charge in [-0.1, -0.05) is 30.3 Å². The summed E-state index contributed by atoms with van der Waals surface area (Å²) in [6, 6.07) is 10.9. The molecule has 102 valence electrons. The van der Waals surface area contributed by atoms with Crippen molar-refractivity contribution >= 4 is 0 Å². The summed E-state index contributed by atoms with van der Waals surface area (Å²) < 4.78 is 2.13. The maximum atomic E-state index is 4.67. The molecular weight excluding hydrogens is 234 g/mol. The van der Waals surface area contributed by atoms with E-state index >= 15 is 0 Å². The number of aryl methyl sites for hydroxylation is 3. The molecule has 0 radical (unpaired) electrons. The monoisotopic (exact) mass is 257 g/mol. The Morgan fingerprint density at radius 3 is 2.53 bits per heavy atom. The van der Waals surface area contributed by atoms with Crippen molar-refractivity contribution in [2.24, 2.45) is 0 Å². The molecule has 0 aliphatic heterocycles. The van der Waals surface area contributed by atoms with Gasteiger partial charge in [0.25, 0.3) is 0 Å². The second-order valence-electron chi connectivity index (χ2n) is 5.05. The summed E-state index contributed by atoms with van der Waals surface area (Å²) in [5, 5.41) is 7.97. The van der Waals surface area contributed by atoms with Crippen molar-refractivity contribution in [3.8, 4) is 0 Å². The predicted molar refractivity (Wildman–Crippen MR) is 79.3 cm³/mol. The summed E-state index contributed by atoms with van der Waals surface area (Å²) in [7, 11) is 1.99. The number of aromatic nitrogens is 2. The van der Waals surface area contributed by atoms with Gasteiger partial charge in [-0.25, -0.2) is 0 Å². The van der Waals surface area contributed by atoms with Gasteiger partial charge in [-0.3, -0.25) is 4.68 Å². The molecule has 0 spiro atoms. The molecule has 2 rings (SSSR count). The molecule has 1 aromatic carbocycles. The van der Waals surface area contributed by atoms with E-state index in [1.807, 2.05) is 7.05 Å². The van der Waals surface area contributed by atoms with Gasteiger partial charge in [-0.2, -0.15) is 5.10 Å². The summed E-state index contributed by atoms with van der Waals surface area (Å²) in [5.41, 5.74) is 5.09. The predicted octanol–water partition coefficient (Wildman–Crippen LogP) is 3.02. The summed E-state index contributed by atoms with van der Waals surface area (Å²) in [4.78, 5) is 0. The van der Waals surface area contributed by atoms with Crippen LogP contribution in [0.2, 0.25) is 0 Å². The Balaban J connectivity index is 2.14. The van der Waals surface area contributed by atoms with E-state index in [2.05, 4.69) is 66.2 Å². The van der Waals surface area contributed by atoms with Crippen molar-refractivity contribution in [2.45, 2.75) is 39.8 Å². The fourth-order valence-electron chi connectivity index (χ4n) is 2.58. The summed E-state index contributed by atoms with van der Waals surface area (Å²) in [6.07, 6.45) is 1.02. The molecule has 1 aromatic heterocycles. The Labute approximate surface area is 115 Å². The minimum atomic E-state index is 0.352. The first-order valence-corrected chi connectivity index (χ1v) is 6.88. The lowest BCUT2D eigenvalue weighted by Crippen LogP contribution is -2.14. The highest BCUT2D eigenvalue weighted by Crippen LogP contribution is 2.21. The van der Waals surface area contributed by atoms with Gasteiger partial charge >= 0.3 is 0 Å². The standard InChI is InChI=1S/C16H23N3/c1-12(17-4)16-13(2)18-19(14(16)3)11-10-15-8-6-5-7-9-15/h5-9,12,17H,10-11H2,1-4H3. The second-order valence-corrected chi connectivity index (χ2v) is 5.05. The van der Waals surface area contributed by atoms with Gasteiger partial charge in [0.05, 0.1) is 5.69 Å². The minimum Gasteiger partial charge on any atom is -0.313 e. The van der Waals surface area contributed by atoms with E-state index in [4.69, 9.17) is 0 Å². The van der Waals surface area contributed by atoms with E-state index in [0.717, 1.165) is 18.7 Å². The van der Waals surface area contributed by atoms with Crippen molar-refractivity contribution in [1.82, 2.24) is 15.1 Å². The topological polar surface area (TPSA) is 29.9 Å². The van der Waals surface area contributed by atoms with Crippen molar-refractivity contribution in [3.05, 3.63) is 52.8 Å². The quantitative estimate of drug-likeness (QED) is 0.892.